The van der Waals surface area contributed by atoms with Crippen LogP contribution in [0, 0.1) is 17.8 Å². The smallest absolute Gasteiger partial charge is 0.0208 e. The lowest BCUT2D eigenvalue weighted by Gasteiger charge is -2.28. The van der Waals surface area contributed by atoms with E-state index in [1.54, 1.807) is 0 Å². The van der Waals surface area contributed by atoms with Gasteiger partial charge >= 0.3 is 0 Å². The van der Waals surface area contributed by atoms with Crippen LogP contribution in [0.4, 0.5) is 0 Å². The molecule has 98 valence electrons. The Hall–Kier alpha value is -0.340. The largest absolute Gasteiger partial charge is 0.310 e. The number of benzene rings is 1. The molecule has 1 aromatic carbocycles. The predicted molar refractivity (Wildman–Crippen MR) is 79.4 cm³/mol. The van der Waals surface area contributed by atoms with Crippen LogP contribution in [0.2, 0.25) is 0 Å². The summed E-state index contributed by atoms with van der Waals surface area (Å²) in [4.78, 5) is 0. The van der Waals surface area contributed by atoms with E-state index in [9.17, 15) is 0 Å². The highest BCUT2D eigenvalue weighted by Gasteiger charge is 2.41. The number of nitrogens with one attached hydrogen (secondary N) is 1. The van der Waals surface area contributed by atoms with Crippen LogP contribution in [-0.2, 0) is 6.54 Å². The van der Waals surface area contributed by atoms with E-state index in [-0.39, 0.29) is 0 Å². The molecule has 0 amide bonds. The minimum absolute atomic E-state index is 0.670. The summed E-state index contributed by atoms with van der Waals surface area (Å²) in [6, 6.07) is 9.32. The fraction of sp³-hybridized carbons (Fsp3) is 0.625. The van der Waals surface area contributed by atoms with E-state index in [1.807, 2.05) is 0 Å². The standard InChI is InChI=1S/C16H22BrN/c1-11(16-9-13-2-5-14(16)8-13)18-10-12-3-6-15(17)7-4-12/h3-4,6-7,11,13-14,16,18H,2,5,8-10H2,1H3/t11-,13+,14+,16-/m0/s1. The third kappa shape index (κ3) is 2.65. The normalized spacial score (nSPS) is 31.8. The van der Waals surface area contributed by atoms with Gasteiger partial charge in [-0.15, -0.1) is 0 Å². The molecule has 0 aromatic heterocycles. The molecule has 2 aliphatic carbocycles. The zero-order chi connectivity index (χ0) is 12.5. The van der Waals surface area contributed by atoms with Crippen molar-refractivity contribution in [3.05, 3.63) is 34.3 Å². The first-order valence-electron chi connectivity index (χ1n) is 7.20. The topological polar surface area (TPSA) is 12.0 Å². The van der Waals surface area contributed by atoms with Crippen molar-refractivity contribution in [2.45, 2.75) is 45.2 Å². The minimum Gasteiger partial charge on any atom is -0.310 e. The van der Waals surface area contributed by atoms with Crippen LogP contribution in [0.1, 0.15) is 38.2 Å². The van der Waals surface area contributed by atoms with Gasteiger partial charge in [-0.25, -0.2) is 0 Å². The summed E-state index contributed by atoms with van der Waals surface area (Å²) in [5, 5.41) is 3.73. The molecule has 0 saturated heterocycles. The Balaban J connectivity index is 1.52. The lowest BCUT2D eigenvalue weighted by Crippen LogP contribution is -2.35. The van der Waals surface area contributed by atoms with Gasteiger partial charge in [-0.2, -0.15) is 0 Å². The minimum atomic E-state index is 0.670. The molecule has 1 N–H and O–H groups in total. The third-order valence-electron chi connectivity index (χ3n) is 4.98. The van der Waals surface area contributed by atoms with Crippen molar-refractivity contribution in [2.75, 3.05) is 0 Å². The molecule has 1 nitrogen and oxygen atoms in total. The van der Waals surface area contributed by atoms with E-state index in [1.165, 1.54) is 31.2 Å². The number of hydrogen-bond acceptors (Lipinski definition) is 1. The van der Waals surface area contributed by atoms with E-state index in [4.69, 9.17) is 0 Å². The lowest BCUT2D eigenvalue weighted by atomic mass is 9.84. The second kappa shape index (κ2) is 5.34. The summed E-state index contributed by atoms with van der Waals surface area (Å²) in [6.07, 6.45) is 5.97. The molecule has 0 aliphatic heterocycles. The monoisotopic (exact) mass is 307 g/mol. The maximum Gasteiger partial charge on any atom is 0.0208 e. The van der Waals surface area contributed by atoms with E-state index >= 15 is 0 Å². The Bertz CT molecular complexity index is 400. The van der Waals surface area contributed by atoms with Gasteiger partial charge in [0.25, 0.3) is 0 Å². The van der Waals surface area contributed by atoms with Crippen molar-refractivity contribution >= 4 is 15.9 Å². The first kappa shape index (κ1) is 12.7. The predicted octanol–water partition coefficient (Wildman–Crippen LogP) is 4.36. The highest BCUT2D eigenvalue weighted by molar-refractivity contribution is 9.10. The summed E-state index contributed by atoms with van der Waals surface area (Å²) in [5.74, 6) is 3.00. The quantitative estimate of drug-likeness (QED) is 0.871. The molecule has 0 radical (unpaired) electrons. The van der Waals surface area contributed by atoms with Gasteiger partial charge in [-0.05, 0) is 61.6 Å². The molecular formula is C16H22BrN. The molecule has 2 aliphatic rings. The van der Waals surface area contributed by atoms with Gasteiger partial charge in [-0.1, -0.05) is 34.5 Å². The second-order valence-corrected chi connectivity index (χ2v) is 7.05. The van der Waals surface area contributed by atoms with Gasteiger partial charge in [0.05, 0.1) is 0 Å². The van der Waals surface area contributed by atoms with Crippen molar-refractivity contribution < 1.29 is 0 Å². The van der Waals surface area contributed by atoms with Gasteiger partial charge in [0, 0.05) is 17.1 Å². The fourth-order valence-electron chi connectivity index (χ4n) is 3.94. The average Bonchev–Trinajstić information content (AvgIpc) is 3.00. The Morgan fingerprint density at radius 2 is 2.00 bits per heavy atom. The number of rotatable bonds is 4. The van der Waals surface area contributed by atoms with E-state index in [0.29, 0.717) is 6.04 Å². The first-order chi connectivity index (χ1) is 8.72. The zero-order valence-electron chi connectivity index (χ0n) is 11.0. The van der Waals surface area contributed by atoms with Crippen molar-refractivity contribution in [1.82, 2.24) is 5.32 Å². The highest BCUT2D eigenvalue weighted by atomic mass is 79.9. The molecule has 2 bridgehead atoms. The van der Waals surface area contributed by atoms with E-state index in [2.05, 4.69) is 52.4 Å². The Morgan fingerprint density at radius 3 is 2.61 bits per heavy atom. The molecule has 3 rings (SSSR count). The summed E-state index contributed by atoms with van der Waals surface area (Å²) in [6.45, 7) is 3.38. The van der Waals surface area contributed by atoms with Crippen molar-refractivity contribution in [3.63, 3.8) is 0 Å². The molecule has 0 spiro atoms. The molecule has 2 heteroatoms. The molecule has 2 saturated carbocycles. The maximum absolute atomic E-state index is 3.73. The van der Waals surface area contributed by atoms with Gasteiger partial charge in [-0.3, -0.25) is 0 Å². The summed E-state index contributed by atoms with van der Waals surface area (Å²) in [7, 11) is 0. The van der Waals surface area contributed by atoms with Crippen LogP contribution >= 0.6 is 15.9 Å². The third-order valence-corrected chi connectivity index (χ3v) is 5.51. The Kier molecular flexibility index (Phi) is 3.76. The van der Waals surface area contributed by atoms with Gasteiger partial charge < -0.3 is 5.32 Å². The van der Waals surface area contributed by atoms with Crippen LogP contribution in [0.15, 0.2) is 28.7 Å². The van der Waals surface area contributed by atoms with Gasteiger partial charge in [0.1, 0.15) is 0 Å². The zero-order valence-corrected chi connectivity index (χ0v) is 12.6. The molecule has 0 unspecified atom stereocenters. The number of halogens is 1. The number of fused-ring (bicyclic) bond motifs is 2. The van der Waals surface area contributed by atoms with Crippen LogP contribution in [-0.4, -0.2) is 6.04 Å². The Morgan fingerprint density at radius 1 is 1.22 bits per heavy atom. The fourth-order valence-corrected chi connectivity index (χ4v) is 4.20. The lowest BCUT2D eigenvalue weighted by molar-refractivity contribution is 0.259. The molecule has 1 aromatic rings. The van der Waals surface area contributed by atoms with Crippen molar-refractivity contribution in [1.29, 1.82) is 0 Å². The van der Waals surface area contributed by atoms with Crippen LogP contribution < -0.4 is 5.32 Å². The van der Waals surface area contributed by atoms with Crippen molar-refractivity contribution in [3.8, 4) is 0 Å². The molecule has 4 atom stereocenters. The van der Waals surface area contributed by atoms with Crippen LogP contribution in [0.5, 0.6) is 0 Å². The number of hydrogen-bond donors (Lipinski definition) is 1. The summed E-state index contributed by atoms with van der Waals surface area (Å²) < 4.78 is 1.16. The van der Waals surface area contributed by atoms with Crippen LogP contribution in [0.25, 0.3) is 0 Å². The highest BCUT2D eigenvalue weighted by Crippen LogP contribution is 2.49. The van der Waals surface area contributed by atoms with Gasteiger partial charge in [0.15, 0.2) is 0 Å². The molecule has 0 heterocycles. The SMILES string of the molecule is C[C@H](NCc1ccc(Br)cc1)[C@@H]1C[C@@H]2CC[C@@H]1C2. The first-order valence-corrected chi connectivity index (χ1v) is 7.99. The molecular weight excluding hydrogens is 286 g/mol. The molecule has 18 heavy (non-hydrogen) atoms. The van der Waals surface area contributed by atoms with E-state index in [0.717, 1.165) is 28.8 Å². The maximum atomic E-state index is 3.73. The molecule has 2 fully saturated rings. The van der Waals surface area contributed by atoms with Crippen molar-refractivity contribution in [2.24, 2.45) is 17.8 Å². The van der Waals surface area contributed by atoms with Crippen LogP contribution in [0.3, 0.4) is 0 Å². The Labute approximate surface area is 118 Å². The average molecular weight is 308 g/mol. The van der Waals surface area contributed by atoms with Gasteiger partial charge in [0.2, 0.25) is 0 Å². The summed E-state index contributed by atoms with van der Waals surface area (Å²) >= 11 is 3.48. The second-order valence-electron chi connectivity index (χ2n) is 6.13. The van der Waals surface area contributed by atoms with E-state index < -0.39 is 0 Å². The summed E-state index contributed by atoms with van der Waals surface area (Å²) in [5.41, 5.74) is 1.38.